The van der Waals surface area contributed by atoms with E-state index in [1.165, 1.54) is 43.5 Å². The second-order valence-electron chi connectivity index (χ2n) is 6.66. The van der Waals surface area contributed by atoms with Gasteiger partial charge in [-0.2, -0.15) is 0 Å². The summed E-state index contributed by atoms with van der Waals surface area (Å²) in [6.07, 6.45) is 6.72. The highest BCUT2D eigenvalue weighted by Crippen LogP contribution is 2.24. The molecule has 1 fully saturated rings. The van der Waals surface area contributed by atoms with E-state index in [-0.39, 0.29) is 0 Å². The Labute approximate surface area is 153 Å². The van der Waals surface area contributed by atoms with E-state index in [2.05, 4.69) is 45.6 Å². The lowest BCUT2D eigenvalue weighted by Gasteiger charge is -2.26. The van der Waals surface area contributed by atoms with E-state index in [0.29, 0.717) is 0 Å². The van der Waals surface area contributed by atoms with Gasteiger partial charge in [0.15, 0.2) is 0 Å². The SMILES string of the molecule is c1ccc(Cc2nc(-c3ccc(CN4CCCCC4)cc3)cs2)nc1. The topological polar surface area (TPSA) is 29.0 Å². The van der Waals surface area contributed by atoms with Crippen LogP contribution in [0.4, 0.5) is 0 Å². The first-order valence-electron chi connectivity index (χ1n) is 9.03. The molecular formula is C21H23N3S. The van der Waals surface area contributed by atoms with Crippen molar-refractivity contribution in [2.75, 3.05) is 13.1 Å². The highest BCUT2D eigenvalue weighted by molar-refractivity contribution is 7.10. The Kier molecular flexibility index (Phi) is 5.19. The van der Waals surface area contributed by atoms with Crippen molar-refractivity contribution < 1.29 is 0 Å². The van der Waals surface area contributed by atoms with E-state index in [1.807, 2.05) is 18.3 Å². The van der Waals surface area contributed by atoms with Gasteiger partial charge in [0.25, 0.3) is 0 Å². The first kappa shape index (κ1) is 16.4. The molecule has 0 radical (unpaired) electrons. The highest BCUT2D eigenvalue weighted by atomic mass is 32.1. The molecule has 4 heteroatoms. The summed E-state index contributed by atoms with van der Waals surface area (Å²) in [5.74, 6) is 0. The number of piperidine rings is 1. The molecule has 0 atom stereocenters. The summed E-state index contributed by atoms with van der Waals surface area (Å²) in [6.45, 7) is 3.55. The Hall–Kier alpha value is -2.04. The van der Waals surface area contributed by atoms with E-state index >= 15 is 0 Å². The standard InChI is InChI=1S/C21H23N3S/c1-4-12-24(13-5-1)15-17-7-9-18(10-8-17)20-16-25-21(23-20)14-19-6-2-3-11-22-19/h2-3,6-11,16H,1,4-5,12-15H2. The average Bonchev–Trinajstić information content (AvgIpc) is 3.12. The van der Waals surface area contributed by atoms with Crippen molar-refractivity contribution in [1.29, 1.82) is 0 Å². The molecule has 0 bridgehead atoms. The molecule has 3 heterocycles. The van der Waals surface area contributed by atoms with Crippen molar-refractivity contribution >= 4 is 11.3 Å². The van der Waals surface area contributed by atoms with Gasteiger partial charge in [0.1, 0.15) is 0 Å². The quantitative estimate of drug-likeness (QED) is 0.664. The number of aromatic nitrogens is 2. The van der Waals surface area contributed by atoms with Crippen LogP contribution in [0.2, 0.25) is 0 Å². The van der Waals surface area contributed by atoms with Crippen LogP contribution in [0, 0.1) is 0 Å². The van der Waals surface area contributed by atoms with Crippen molar-refractivity contribution in [3.63, 3.8) is 0 Å². The van der Waals surface area contributed by atoms with Crippen LogP contribution >= 0.6 is 11.3 Å². The minimum Gasteiger partial charge on any atom is -0.299 e. The van der Waals surface area contributed by atoms with Crippen LogP contribution in [0.1, 0.15) is 35.5 Å². The van der Waals surface area contributed by atoms with Gasteiger partial charge in [-0.3, -0.25) is 9.88 Å². The number of hydrogen-bond donors (Lipinski definition) is 0. The number of thiazole rings is 1. The van der Waals surface area contributed by atoms with Crippen LogP contribution in [0.3, 0.4) is 0 Å². The van der Waals surface area contributed by atoms with E-state index in [1.54, 1.807) is 11.3 Å². The van der Waals surface area contributed by atoms with Gasteiger partial charge in [-0.25, -0.2) is 4.98 Å². The molecule has 2 aromatic heterocycles. The number of nitrogens with zero attached hydrogens (tertiary/aromatic N) is 3. The van der Waals surface area contributed by atoms with Gasteiger partial charge in [0.05, 0.1) is 10.7 Å². The number of pyridine rings is 1. The summed E-state index contributed by atoms with van der Waals surface area (Å²) in [7, 11) is 0. The van der Waals surface area contributed by atoms with Crippen LogP contribution < -0.4 is 0 Å². The molecule has 0 aliphatic carbocycles. The Morgan fingerprint density at radius 3 is 2.56 bits per heavy atom. The van der Waals surface area contributed by atoms with Crippen molar-refractivity contribution in [2.45, 2.75) is 32.2 Å². The minimum atomic E-state index is 0.804. The van der Waals surface area contributed by atoms with Crippen LogP contribution in [0.15, 0.2) is 54.0 Å². The van der Waals surface area contributed by atoms with Crippen LogP contribution in [-0.4, -0.2) is 28.0 Å². The maximum Gasteiger partial charge on any atom is 0.0992 e. The predicted molar refractivity (Wildman–Crippen MR) is 104 cm³/mol. The fourth-order valence-corrected chi connectivity index (χ4v) is 4.16. The molecule has 0 amide bonds. The monoisotopic (exact) mass is 349 g/mol. The molecule has 0 saturated carbocycles. The zero-order chi connectivity index (χ0) is 16.9. The summed E-state index contributed by atoms with van der Waals surface area (Å²) < 4.78 is 0. The highest BCUT2D eigenvalue weighted by Gasteiger charge is 2.11. The third-order valence-electron chi connectivity index (χ3n) is 4.71. The lowest BCUT2D eigenvalue weighted by Crippen LogP contribution is -2.28. The van der Waals surface area contributed by atoms with Crippen LogP contribution in [0.25, 0.3) is 11.3 Å². The minimum absolute atomic E-state index is 0.804. The van der Waals surface area contributed by atoms with Gasteiger partial charge in [-0.05, 0) is 43.6 Å². The zero-order valence-corrected chi connectivity index (χ0v) is 15.2. The van der Waals surface area contributed by atoms with Gasteiger partial charge in [0.2, 0.25) is 0 Å². The number of benzene rings is 1. The number of hydrogen-bond acceptors (Lipinski definition) is 4. The summed E-state index contributed by atoms with van der Waals surface area (Å²) in [4.78, 5) is 11.7. The lowest BCUT2D eigenvalue weighted by molar-refractivity contribution is 0.221. The second kappa shape index (κ2) is 7.89. The molecule has 0 N–H and O–H groups in total. The van der Waals surface area contributed by atoms with Crippen molar-refractivity contribution in [3.05, 3.63) is 70.3 Å². The van der Waals surface area contributed by atoms with Crippen LogP contribution in [-0.2, 0) is 13.0 Å². The molecule has 0 spiro atoms. The summed E-state index contributed by atoms with van der Waals surface area (Å²) in [5.41, 5.74) is 4.74. The fraction of sp³-hybridized carbons (Fsp3) is 0.333. The molecule has 0 unspecified atom stereocenters. The van der Waals surface area contributed by atoms with E-state index in [4.69, 9.17) is 4.98 Å². The largest absolute Gasteiger partial charge is 0.299 e. The molecule has 25 heavy (non-hydrogen) atoms. The average molecular weight is 350 g/mol. The Morgan fingerprint density at radius 1 is 0.960 bits per heavy atom. The summed E-state index contributed by atoms with van der Waals surface area (Å²) >= 11 is 1.71. The third kappa shape index (κ3) is 4.33. The van der Waals surface area contributed by atoms with Crippen molar-refractivity contribution in [3.8, 4) is 11.3 Å². The number of likely N-dealkylation sites (tertiary alicyclic amines) is 1. The first-order chi connectivity index (χ1) is 12.4. The Bertz CT molecular complexity index is 790. The van der Waals surface area contributed by atoms with Crippen molar-refractivity contribution in [1.82, 2.24) is 14.9 Å². The molecule has 3 nitrogen and oxygen atoms in total. The predicted octanol–water partition coefficient (Wildman–Crippen LogP) is 4.78. The molecule has 1 saturated heterocycles. The van der Waals surface area contributed by atoms with Gasteiger partial charge < -0.3 is 0 Å². The maximum atomic E-state index is 4.79. The van der Waals surface area contributed by atoms with E-state index in [9.17, 15) is 0 Å². The molecule has 3 aromatic rings. The molecule has 4 rings (SSSR count). The van der Waals surface area contributed by atoms with E-state index in [0.717, 1.165) is 29.4 Å². The molecule has 1 aromatic carbocycles. The Morgan fingerprint density at radius 2 is 1.80 bits per heavy atom. The normalized spacial score (nSPS) is 15.4. The second-order valence-corrected chi connectivity index (χ2v) is 7.60. The maximum absolute atomic E-state index is 4.79. The molecular weight excluding hydrogens is 326 g/mol. The molecule has 1 aliphatic heterocycles. The van der Waals surface area contributed by atoms with Crippen LogP contribution in [0.5, 0.6) is 0 Å². The number of rotatable bonds is 5. The van der Waals surface area contributed by atoms with Gasteiger partial charge >= 0.3 is 0 Å². The lowest BCUT2D eigenvalue weighted by atomic mass is 10.1. The molecule has 128 valence electrons. The van der Waals surface area contributed by atoms with Crippen molar-refractivity contribution in [2.24, 2.45) is 0 Å². The zero-order valence-electron chi connectivity index (χ0n) is 14.4. The first-order valence-corrected chi connectivity index (χ1v) is 9.91. The Balaban J connectivity index is 1.41. The van der Waals surface area contributed by atoms with Gasteiger partial charge in [-0.15, -0.1) is 11.3 Å². The smallest absolute Gasteiger partial charge is 0.0992 e. The fourth-order valence-electron chi connectivity index (χ4n) is 3.34. The third-order valence-corrected chi connectivity index (χ3v) is 5.56. The van der Waals surface area contributed by atoms with Gasteiger partial charge in [-0.1, -0.05) is 36.8 Å². The summed E-state index contributed by atoms with van der Waals surface area (Å²) in [5, 5.41) is 3.27. The van der Waals surface area contributed by atoms with Gasteiger partial charge in [0, 0.05) is 35.8 Å². The summed E-state index contributed by atoms with van der Waals surface area (Å²) in [6, 6.07) is 14.9. The van der Waals surface area contributed by atoms with E-state index < -0.39 is 0 Å². The molecule has 1 aliphatic rings.